The average Bonchev–Trinajstić information content (AvgIpc) is 2.20. The Hall–Kier alpha value is -1.08. The maximum absolute atomic E-state index is 8.61. The number of nitrogens with one attached hydrogen (secondary N) is 1. The van der Waals surface area contributed by atoms with Gasteiger partial charge < -0.3 is 10.4 Å². The lowest BCUT2D eigenvalue weighted by atomic mass is 10.1. The number of hydrogen-bond donors (Lipinski definition) is 2. The van der Waals surface area contributed by atoms with Crippen molar-refractivity contribution >= 4 is 11.6 Å². The number of halogens is 1. The first-order chi connectivity index (χ1) is 6.77. The van der Waals surface area contributed by atoms with Crippen LogP contribution < -0.4 is 5.32 Å². The number of rotatable bonds is 4. The summed E-state index contributed by atoms with van der Waals surface area (Å²) in [5.41, 5.74) is 1.49. The zero-order valence-corrected chi connectivity index (χ0v) is 8.38. The van der Waals surface area contributed by atoms with Crippen molar-refractivity contribution in [1.82, 2.24) is 5.32 Å². The summed E-state index contributed by atoms with van der Waals surface area (Å²) < 4.78 is 0. The number of nitrogens with zero attached hydrogens (tertiary/aromatic N) is 1. The SMILES string of the molecule is N#Cc1ccc(CNCCO)c(Cl)c1. The highest BCUT2D eigenvalue weighted by atomic mass is 35.5. The van der Waals surface area contributed by atoms with Gasteiger partial charge >= 0.3 is 0 Å². The van der Waals surface area contributed by atoms with Gasteiger partial charge in [0.2, 0.25) is 0 Å². The molecule has 0 unspecified atom stereocenters. The summed E-state index contributed by atoms with van der Waals surface area (Å²) in [5, 5.41) is 20.8. The third kappa shape index (κ3) is 3.00. The third-order valence-corrected chi connectivity index (χ3v) is 2.14. The van der Waals surface area contributed by atoms with Gasteiger partial charge in [0.1, 0.15) is 0 Å². The molecule has 0 radical (unpaired) electrons. The minimum absolute atomic E-state index is 0.105. The van der Waals surface area contributed by atoms with Crippen LogP contribution in [0, 0.1) is 11.3 Å². The lowest BCUT2D eigenvalue weighted by molar-refractivity contribution is 0.292. The van der Waals surface area contributed by atoms with Gasteiger partial charge in [-0.05, 0) is 17.7 Å². The number of nitriles is 1. The largest absolute Gasteiger partial charge is 0.395 e. The molecule has 0 aromatic heterocycles. The van der Waals surface area contributed by atoms with E-state index in [1.165, 1.54) is 0 Å². The van der Waals surface area contributed by atoms with Crippen molar-refractivity contribution in [2.24, 2.45) is 0 Å². The number of benzene rings is 1. The first kappa shape index (κ1) is 11.0. The van der Waals surface area contributed by atoms with E-state index in [1.807, 2.05) is 12.1 Å². The number of aliphatic hydroxyl groups excluding tert-OH is 1. The fourth-order valence-electron chi connectivity index (χ4n) is 1.06. The number of aliphatic hydroxyl groups is 1. The number of hydrogen-bond acceptors (Lipinski definition) is 3. The Kier molecular flexibility index (Phi) is 4.41. The zero-order valence-electron chi connectivity index (χ0n) is 7.63. The van der Waals surface area contributed by atoms with Crippen LogP contribution in [-0.4, -0.2) is 18.3 Å². The van der Waals surface area contributed by atoms with E-state index >= 15 is 0 Å². The molecule has 0 aliphatic heterocycles. The molecule has 0 saturated heterocycles. The van der Waals surface area contributed by atoms with Crippen LogP contribution >= 0.6 is 11.6 Å². The average molecular weight is 211 g/mol. The molecule has 14 heavy (non-hydrogen) atoms. The topological polar surface area (TPSA) is 56.0 Å². The van der Waals surface area contributed by atoms with E-state index in [4.69, 9.17) is 22.0 Å². The highest BCUT2D eigenvalue weighted by Gasteiger charge is 2.00. The van der Waals surface area contributed by atoms with E-state index in [0.29, 0.717) is 23.7 Å². The van der Waals surface area contributed by atoms with Crippen molar-refractivity contribution in [3.8, 4) is 6.07 Å². The van der Waals surface area contributed by atoms with E-state index in [1.54, 1.807) is 12.1 Å². The molecule has 0 bridgehead atoms. The highest BCUT2D eigenvalue weighted by molar-refractivity contribution is 6.31. The fourth-order valence-corrected chi connectivity index (χ4v) is 1.31. The molecule has 0 saturated carbocycles. The van der Waals surface area contributed by atoms with Gasteiger partial charge in [0.25, 0.3) is 0 Å². The summed E-state index contributed by atoms with van der Waals surface area (Å²) in [7, 11) is 0. The van der Waals surface area contributed by atoms with Crippen molar-refractivity contribution in [3.63, 3.8) is 0 Å². The second-order valence-electron chi connectivity index (χ2n) is 2.82. The van der Waals surface area contributed by atoms with Gasteiger partial charge in [-0.2, -0.15) is 5.26 Å². The summed E-state index contributed by atoms with van der Waals surface area (Å²) in [6.45, 7) is 1.25. The molecule has 0 heterocycles. The molecule has 1 rings (SSSR count). The van der Waals surface area contributed by atoms with Crippen LogP contribution in [-0.2, 0) is 6.54 Å². The maximum atomic E-state index is 8.61. The van der Waals surface area contributed by atoms with Crippen LogP contribution in [0.2, 0.25) is 5.02 Å². The second kappa shape index (κ2) is 5.61. The van der Waals surface area contributed by atoms with E-state index in [-0.39, 0.29) is 6.61 Å². The Balaban J connectivity index is 2.65. The Bertz CT molecular complexity index is 346. The highest BCUT2D eigenvalue weighted by Crippen LogP contribution is 2.17. The van der Waals surface area contributed by atoms with Gasteiger partial charge in [-0.1, -0.05) is 17.7 Å². The van der Waals surface area contributed by atoms with Crippen LogP contribution in [0.1, 0.15) is 11.1 Å². The lowest BCUT2D eigenvalue weighted by Gasteiger charge is -2.05. The van der Waals surface area contributed by atoms with E-state index < -0.39 is 0 Å². The summed E-state index contributed by atoms with van der Waals surface area (Å²) in [5.74, 6) is 0. The molecule has 0 fully saturated rings. The third-order valence-electron chi connectivity index (χ3n) is 1.79. The standard InChI is InChI=1S/C10H11ClN2O/c11-10-5-8(6-12)1-2-9(10)7-13-3-4-14/h1-2,5,13-14H,3-4,7H2. The van der Waals surface area contributed by atoms with E-state index in [9.17, 15) is 0 Å². The van der Waals surface area contributed by atoms with Crippen LogP contribution in [0.5, 0.6) is 0 Å². The Labute approximate surface area is 87.9 Å². The zero-order chi connectivity index (χ0) is 10.4. The Morgan fingerprint density at radius 1 is 1.50 bits per heavy atom. The summed E-state index contributed by atoms with van der Waals surface area (Å²) in [6.07, 6.45) is 0. The van der Waals surface area contributed by atoms with Crippen molar-refractivity contribution in [3.05, 3.63) is 34.3 Å². The molecular weight excluding hydrogens is 200 g/mol. The molecule has 1 aromatic carbocycles. The second-order valence-corrected chi connectivity index (χ2v) is 3.23. The van der Waals surface area contributed by atoms with Gasteiger partial charge in [-0.15, -0.1) is 0 Å². The summed E-state index contributed by atoms with van der Waals surface area (Å²) in [4.78, 5) is 0. The van der Waals surface area contributed by atoms with Gasteiger partial charge in [0.15, 0.2) is 0 Å². The van der Waals surface area contributed by atoms with Gasteiger partial charge in [0.05, 0.1) is 18.2 Å². The van der Waals surface area contributed by atoms with Gasteiger partial charge in [-0.25, -0.2) is 0 Å². The predicted octanol–water partition coefficient (Wildman–Crippen LogP) is 1.29. The fraction of sp³-hybridized carbons (Fsp3) is 0.300. The van der Waals surface area contributed by atoms with E-state index in [2.05, 4.69) is 5.32 Å². The van der Waals surface area contributed by atoms with Crippen LogP contribution in [0.4, 0.5) is 0 Å². The quantitative estimate of drug-likeness (QED) is 0.737. The lowest BCUT2D eigenvalue weighted by Crippen LogP contribution is -2.17. The molecule has 3 nitrogen and oxygen atoms in total. The predicted molar refractivity (Wildman–Crippen MR) is 55.0 cm³/mol. The summed E-state index contributed by atoms with van der Waals surface area (Å²) in [6, 6.07) is 7.19. The first-order valence-corrected chi connectivity index (χ1v) is 4.66. The van der Waals surface area contributed by atoms with Gasteiger partial charge in [0, 0.05) is 18.1 Å². The van der Waals surface area contributed by atoms with Crippen LogP contribution in [0.3, 0.4) is 0 Å². The maximum Gasteiger partial charge on any atom is 0.0992 e. The molecule has 0 atom stereocenters. The molecule has 0 aliphatic carbocycles. The van der Waals surface area contributed by atoms with E-state index in [0.717, 1.165) is 5.56 Å². The van der Waals surface area contributed by atoms with Crippen molar-refractivity contribution in [2.75, 3.05) is 13.2 Å². The molecule has 0 amide bonds. The van der Waals surface area contributed by atoms with Crippen LogP contribution in [0.25, 0.3) is 0 Å². The van der Waals surface area contributed by atoms with Crippen molar-refractivity contribution in [2.45, 2.75) is 6.54 Å². The van der Waals surface area contributed by atoms with Crippen LogP contribution in [0.15, 0.2) is 18.2 Å². The normalized spacial score (nSPS) is 9.79. The molecule has 0 spiro atoms. The summed E-state index contributed by atoms with van der Waals surface area (Å²) >= 11 is 5.93. The molecule has 2 N–H and O–H groups in total. The first-order valence-electron chi connectivity index (χ1n) is 4.28. The smallest absolute Gasteiger partial charge is 0.0992 e. The monoisotopic (exact) mass is 210 g/mol. The molecule has 0 aliphatic rings. The van der Waals surface area contributed by atoms with Crippen molar-refractivity contribution in [1.29, 1.82) is 5.26 Å². The minimum atomic E-state index is 0.105. The Morgan fingerprint density at radius 3 is 2.86 bits per heavy atom. The minimum Gasteiger partial charge on any atom is -0.395 e. The molecule has 74 valence electrons. The molecule has 4 heteroatoms. The van der Waals surface area contributed by atoms with Gasteiger partial charge in [-0.3, -0.25) is 0 Å². The molecule has 1 aromatic rings. The Morgan fingerprint density at radius 2 is 2.29 bits per heavy atom. The van der Waals surface area contributed by atoms with Crippen molar-refractivity contribution < 1.29 is 5.11 Å². The molecular formula is C10H11ClN2O.